The Balaban J connectivity index is 1.95. The first-order valence-electron chi connectivity index (χ1n) is 7.85. The van der Waals surface area contributed by atoms with Gasteiger partial charge in [0, 0.05) is 24.8 Å². The summed E-state index contributed by atoms with van der Waals surface area (Å²) >= 11 is 0. The Kier molecular flexibility index (Phi) is 5.10. The van der Waals surface area contributed by atoms with Crippen LogP contribution in [0.5, 0.6) is 0 Å². The lowest BCUT2D eigenvalue weighted by atomic mass is 9.86. The van der Waals surface area contributed by atoms with Gasteiger partial charge in [-0.15, -0.1) is 0 Å². The summed E-state index contributed by atoms with van der Waals surface area (Å²) in [7, 11) is -3.03. The average Bonchev–Trinajstić information content (AvgIpc) is 3.12. The Morgan fingerprint density at radius 3 is 2.25 bits per heavy atom. The topological polar surface area (TPSA) is 54.5 Å². The quantitative estimate of drug-likeness (QED) is 0.757. The van der Waals surface area contributed by atoms with E-state index in [0.717, 1.165) is 25.7 Å². The molecule has 116 valence electrons. The highest BCUT2D eigenvalue weighted by molar-refractivity contribution is 7.90. The molecule has 2 saturated carbocycles. The van der Waals surface area contributed by atoms with Gasteiger partial charge in [0.05, 0.1) is 5.75 Å². The lowest BCUT2D eigenvalue weighted by Gasteiger charge is -2.31. The monoisotopic (exact) mass is 301 g/mol. The lowest BCUT2D eigenvalue weighted by Crippen LogP contribution is -2.44. The van der Waals surface area contributed by atoms with Gasteiger partial charge in [0.1, 0.15) is 9.84 Å². The molecule has 0 heterocycles. The van der Waals surface area contributed by atoms with Crippen molar-refractivity contribution in [2.75, 3.05) is 12.0 Å². The maximum absolute atomic E-state index is 12.6. The molecule has 0 aromatic carbocycles. The van der Waals surface area contributed by atoms with Gasteiger partial charge in [0.2, 0.25) is 5.91 Å². The molecule has 1 unspecified atom stereocenters. The van der Waals surface area contributed by atoms with Crippen LogP contribution in [-0.2, 0) is 14.6 Å². The molecular weight excluding hydrogens is 274 g/mol. The van der Waals surface area contributed by atoms with Gasteiger partial charge < -0.3 is 4.90 Å². The molecule has 0 bridgehead atoms. The molecule has 1 atom stereocenters. The van der Waals surface area contributed by atoms with Crippen LogP contribution in [0, 0.1) is 5.92 Å². The van der Waals surface area contributed by atoms with Crippen LogP contribution >= 0.6 is 0 Å². The summed E-state index contributed by atoms with van der Waals surface area (Å²) in [5.74, 6) is 0.776. The number of rotatable bonds is 6. The zero-order valence-electron chi connectivity index (χ0n) is 12.7. The van der Waals surface area contributed by atoms with Crippen molar-refractivity contribution in [3.8, 4) is 0 Å². The van der Waals surface area contributed by atoms with Gasteiger partial charge in [-0.1, -0.05) is 19.3 Å². The van der Waals surface area contributed by atoms with Gasteiger partial charge >= 0.3 is 0 Å². The summed E-state index contributed by atoms with van der Waals surface area (Å²) < 4.78 is 22.9. The van der Waals surface area contributed by atoms with Crippen LogP contribution in [0.25, 0.3) is 0 Å². The van der Waals surface area contributed by atoms with Gasteiger partial charge in [-0.2, -0.15) is 0 Å². The number of carbonyl (C=O) groups is 1. The number of hydrogen-bond acceptors (Lipinski definition) is 3. The lowest BCUT2D eigenvalue weighted by molar-refractivity contribution is -0.134. The van der Waals surface area contributed by atoms with E-state index in [9.17, 15) is 13.2 Å². The van der Waals surface area contributed by atoms with E-state index >= 15 is 0 Å². The first-order valence-corrected chi connectivity index (χ1v) is 9.92. The fourth-order valence-corrected chi connectivity index (χ4v) is 4.46. The van der Waals surface area contributed by atoms with E-state index in [1.54, 1.807) is 0 Å². The second-order valence-electron chi connectivity index (χ2n) is 6.68. The van der Waals surface area contributed by atoms with Crippen molar-refractivity contribution in [3.63, 3.8) is 0 Å². The van der Waals surface area contributed by atoms with E-state index in [1.807, 2.05) is 11.8 Å². The summed E-state index contributed by atoms with van der Waals surface area (Å²) in [6.07, 6.45) is 10.0. The molecule has 0 radical (unpaired) electrons. The molecule has 0 aromatic rings. The molecular formula is C15H27NO3S. The first-order chi connectivity index (χ1) is 9.37. The van der Waals surface area contributed by atoms with Crippen molar-refractivity contribution in [3.05, 3.63) is 0 Å². The van der Waals surface area contributed by atoms with Crippen LogP contribution < -0.4 is 0 Å². The standard InChI is InChI=1S/C15H27NO3S/c1-12(11-20(2,18)19)16(14-8-9-14)15(17)10-13-6-4-3-5-7-13/h12-14H,3-11H2,1-2H3. The molecule has 2 aliphatic carbocycles. The maximum atomic E-state index is 12.6. The van der Waals surface area contributed by atoms with Crippen LogP contribution in [0.15, 0.2) is 0 Å². The van der Waals surface area contributed by atoms with Gasteiger partial charge in [0.15, 0.2) is 0 Å². The van der Waals surface area contributed by atoms with Crippen molar-refractivity contribution >= 4 is 15.7 Å². The molecule has 2 aliphatic rings. The third-order valence-electron chi connectivity index (χ3n) is 4.44. The average molecular weight is 301 g/mol. The number of hydrogen-bond donors (Lipinski definition) is 0. The normalized spacial score (nSPS) is 22.5. The van der Waals surface area contributed by atoms with Gasteiger partial charge in [0.25, 0.3) is 0 Å². The third-order valence-corrected chi connectivity index (χ3v) is 5.52. The largest absolute Gasteiger partial charge is 0.336 e. The van der Waals surface area contributed by atoms with E-state index in [-0.39, 0.29) is 17.7 Å². The van der Waals surface area contributed by atoms with Gasteiger partial charge in [-0.3, -0.25) is 4.79 Å². The number of nitrogens with zero attached hydrogens (tertiary/aromatic N) is 1. The van der Waals surface area contributed by atoms with Crippen LogP contribution in [0.4, 0.5) is 0 Å². The summed E-state index contributed by atoms with van der Waals surface area (Å²) in [5, 5.41) is 0. The molecule has 20 heavy (non-hydrogen) atoms. The number of sulfone groups is 1. The van der Waals surface area contributed by atoms with Crippen molar-refractivity contribution < 1.29 is 13.2 Å². The predicted octanol–water partition coefficient (Wildman–Crippen LogP) is 2.38. The minimum absolute atomic E-state index is 0.0832. The molecule has 2 rings (SSSR count). The highest BCUT2D eigenvalue weighted by Crippen LogP contribution is 2.32. The second kappa shape index (κ2) is 6.46. The van der Waals surface area contributed by atoms with E-state index < -0.39 is 9.84 Å². The van der Waals surface area contributed by atoms with Crippen molar-refractivity contribution in [1.29, 1.82) is 0 Å². The summed E-state index contributed by atoms with van der Waals surface area (Å²) in [5.41, 5.74) is 0. The Hall–Kier alpha value is -0.580. The number of amides is 1. The van der Waals surface area contributed by atoms with E-state index in [2.05, 4.69) is 0 Å². The van der Waals surface area contributed by atoms with E-state index in [0.29, 0.717) is 18.4 Å². The molecule has 2 fully saturated rings. The van der Waals surface area contributed by atoms with E-state index in [4.69, 9.17) is 0 Å². The summed E-state index contributed by atoms with van der Waals surface area (Å²) in [4.78, 5) is 14.4. The van der Waals surface area contributed by atoms with Gasteiger partial charge in [-0.25, -0.2) is 8.42 Å². The minimum atomic E-state index is -3.03. The van der Waals surface area contributed by atoms with Crippen LogP contribution in [0.1, 0.15) is 58.3 Å². The summed E-state index contributed by atoms with van der Waals surface area (Å²) in [6, 6.07) is 0.108. The van der Waals surface area contributed by atoms with Crippen LogP contribution in [0.2, 0.25) is 0 Å². The smallest absolute Gasteiger partial charge is 0.223 e. The Morgan fingerprint density at radius 1 is 1.15 bits per heavy atom. The highest BCUT2D eigenvalue weighted by Gasteiger charge is 2.37. The molecule has 0 aliphatic heterocycles. The number of carbonyl (C=O) groups excluding carboxylic acids is 1. The van der Waals surface area contributed by atoms with Gasteiger partial charge in [-0.05, 0) is 38.5 Å². The highest BCUT2D eigenvalue weighted by atomic mass is 32.2. The fraction of sp³-hybridized carbons (Fsp3) is 0.933. The maximum Gasteiger partial charge on any atom is 0.223 e. The zero-order chi connectivity index (χ0) is 14.8. The molecule has 1 amide bonds. The minimum Gasteiger partial charge on any atom is -0.336 e. The Bertz CT molecular complexity index is 436. The van der Waals surface area contributed by atoms with Crippen molar-refractivity contribution in [2.45, 2.75) is 70.4 Å². The SMILES string of the molecule is CC(CS(C)(=O)=O)N(C(=O)CC1CCCCC1)C1CC1. The molecule has 4 nitrogen and oxygen atoms in total. The molecule has 5 heteroatoms. The predicted molar refractivity (Wildman–Crippen MR) is 80.2 cm³/mol. The molecule has 0 aromatic heterocycles. The zero-order valence-corrected chi connectivity index (χ0v) is 13.5. The molecule has 0 N–H and O–H groups in total. The Labute approximate surface area is 122 Å². The van der Waals surface area contributed by atoms with E-state index in [1.165, 1.54) is 25.5 Å². The first kappa shape index (κ1) is 15.8. The molecule has 0 saturated heterocycles. The van der Waals surface area contributed by atoms with Crippen molar-refractivity contribution in [1.82, 2.24) is 4.90 Å². The molecule has 0 spiro atoms. The third kappa shape index (κ3) is 4.76. The van der Waals surface area contributed by atoms with Crippen LogP contribution in [-0.4, -0.2) is 43.3 Å². The summed E-state index contributed by atoms with van der Waals surface area (Å²) in [6.45, 7) is 1.87. The fourth-order valence-electron chi connectivity index (χ4n) is 3.42. The van der Waals surface area contributed by atoms with Crippen LogP contribution in [0.3, 0.4) is 0 Å². The van der Waals surface area contributed by atoms with Crippen molar-refractivity contribution in [2.24, 2.45) is 5.92 Å². The second-order valence-corrected chi connectivity index (χ2v) is 8.87. The Morgan fingerprint density at radius 2 is 1.75 bits per heavy atom.